The van der Waals surface area contributed by atoms with Gasteiger partial charge in [0.05, 0.1) is 12.2 Å². The summed E-state index contributed by atoms with van der Waals surface area (Å²) < 4.78 is 18.7. The molecule has 1 fully saturated rings. The first-order valence-electron chi connectivity index (χ1n) is 9.24. The number of hydrogen-bond donors (Lipinski definition) is 2. The van der Waals surface area contributed by atoms with Gasteiger partial charge < -0.3 is 15.2 Å². The summed E-state index contributed by atoms with van der Waals surface area (Å²) in [7, 11) is 0. The fourth-order valence-electron chi connectivity index (χ4n) is 3.24. The first kappa shape index (κ1) is 18.4. The summed E-state index contributed by atoms with van der Waals surface area (Å²) in [5, 5.41) is 10.6. The molecule has 2 N–H and O–H groups in total. The number of aryl methyl sites for hydroxylation is 2. The van der Waals surface area contributed by atoms with E-state index in [1.165, 1.54) is 6.07 Å². The largest absolute Gasteiger partial charge is 0.361 e. The van der Waals surface area contributed by atoms with Gasteiger partial charge in [0.25, 0.3) is 0 Å². The molecule has 0 aliphatic heterocycles. The van der Waals surface area contributed by atoms with Gasteiger partial charge in [-0.05, 0) is 57.7 Å². The molecule has 26 heavy (non-hydrogen) atoms. The fourth-order valence-corrected chi connectivity index (χ4v) is 3.24. The van der Waals surface area contributed by atoms with E-state index in [1.807, 2.05) is 26.8 Å². The van der Waals surface area contributed by atoms with E-state index in [-0.39, 0.29) is 11.2 Å². The van der Waals surface area contributed by atoms with E-state index in [0.29, 0.717) is 6.54 Å². The minimum Gasteiger partial charge on any atom is -0.361 e. The highest BCUT2D eigenvalue weighted by Crippen LogP contribution is 2.48. The molecule has 0 bridgehead atoms. The zero-order chi connectivity index (χ0) is 18.6. The Morgan fingerprint density at radius 3 is 2.73 bits per heavy atom. The maximum absolute atomic E-state index is 13.5. The van der Waals surface area contributed by atoms with E-state index >= 15 is 0 Å². The summed E-state index contributed by atoms with van der Waals surface area (Å²) >= 11 is 0. The van der Waals surface area contributed by atoms with Gasteiger partial charge in [0, 0.05) is 24.1 Å². The second-order valence-corrected chi connectivity index (χ2v) is 6.97. The van der Waals surface area contributed by atoms with Crippen LogP contribution in [-0.2, 0) is 11.8 Å². The molecule has 3 rings (SSSR count). The normalized spacial score (nSPS) is 15.8. The summed E-state index contributed by atoms with van der Waals surface area (Å²) in [6.07, 6.45) is 2.94. The highest BCUT2D eigenvalue weighted by molar-refractivity contribution is 5.79. The van der Waals surface area contributed by atoms with E-state index in [1.54, 1.807) is 12.1 Å². The van der Waals surface area contributed by atoms with Crippen molar-refractivity contribution in [3.63, 3.8) is 0 Å². The van der Waals surface area contributed by atoms with Crippen molar-refractivity contribution in [2.24, 2.45) is 4.99 Å². The Labute approximate surface area is 154 Å². The molecule has 5 nitrogen and oxygen atoms in total. The molecule has 1 saturated carbocycles. The molecule has 1 heterocycles. The van der Waals surface area contributed by atoms with E-state index < -0.39 is 0 Å². The summed E-state index contributed by atoms with van der Waals surface area (Å²) in [4.78, 5) is 4.75. The zero-order valence-corrected chi connectivity index (χ0v) is 15.7. The Morgan fingerprint density at radius 2 is 2.12 bits per heavy atom. The van der Waals surface area contributed by atoms with Crippen LogP contribution in [0.4, 0.5) is 4.39 Å². The average Bonchev–Trinajstić information content (AvgIpc) is 3.35. The number of halogens is 1. The van der Waals surface area contributed by atoms with Crippen LogP contribution in [0.25, 0.3) is 0 Å². The molecule has 0 unspecified atom stereocenters. The maximum Gasteiger partial charge on any atom is 0.191 e. The Morgan fingerprint density at radius 1 is 1.31 bits per heavy atom. The molecule has 2 aromatic rings. The van der Waals surface area contributed by atoms with Gasteiger partial charge in [0.15, 0.2) is 5.96 Å². The van der Waals surface area contributed by atoms with Gasteiger partial charge in [-0.15, -0.1) is 0 Å². The lowest BCUT2D eigenvalue weighted by Crippen LogP contribution is -2.39. The van der Waals surface area contributed by atoms with Gasteiger partial charge in [0.2, 0.25) is 0 Å². The van der Waals surface area contributed by atoms with Gasteiger partial charge in [-0.1, -0.05) is 17.3 Å². The summed E-state index contributed by atoms with van der Waals surface area (Å²) in [5.41, 5.74) is 3.13. The van der Waals surface area contributed by atoms with Crippen LogP contribution in [0.15, 0.2) is 33.8 Å². The molecule has 0 saturated heterocycles. The van der Waals surface area contributed by atoms with E-state index in [9.17, 15) is 4.39 Å². The average molecular weight is 358 g/mol. The molecule has 6 heteroatoms. The Hall–Kier alpha value is -2.37. The Balaban J connectivity index is 1.60. The standard InChI is InChI=1S/C20H27FN4O/c1-4-22-19(23-11-8-18-14(2)25-26-15(18)3)24-13-20(9-10-20)16-6-5-7-17(21)12-16/h5-7,12H,4,8-11,13H2,1-3H3,(H2,22,23,24). The van der Waals surface area contributed by atoms with Crippen LogP contribution in [0.3, 0.4) is 0 Å². The van der Waals surface area contributed by atoms with Crippen LogP contribution >= 0.6 is 0 Å². The second-order valence-electron chi connectivity index (χ2n) is 6.97. The van der Waals surface area contributed by atoms with E-state index in [2.05, 4.69) is 15.8 Å². The topological polar surface area (TPSA) is 62.5 Å². The number of nitrogens with zero attached hydrogens (tertiary/aromatic N) is 2. The summed E-state index contributed by atoms with van der Waals surface area (Å²) in [6.45, 7) is 8.15. The van der Waals surface area contributed by atoms with Crippen LogP contribution in [-0.4, -0.2) is 30.8 Å². The van der Waals surface area contributed by atoms with Gasteiger partial charge in [-0.3, -0.25) is 4.99 Å². The van der Waals surface area contributed by atoms with Crippen LogP contribution in [0.2, 0.25) is 0 Å². The van der Waals surface area contributed by atoms with Crippen molar-refractivity contribution in [3.05, 3.63) is 52.7 Å². The lowest BCUT2D eigenvalue weighted by Gasteiger charge is -2.16. The summed E-state index contributed by atoms with van der Waals surface area (Å²) in [6, 6.07) is 6.91. The van der Waals surface area contributed by atoms with Crippen molar-refractivity contribution < 1.29 is 8.91 Å². The third-order valence-corrected chi connectivity index (χ3v) is 5.02. The third-order valence-electron chi connectivity index (χ3n) is 5.02. The van der Waals surface area contributed by atoms with Crippen molar-refractivity contribution in [2.45, 2.75) is 45.4 Å². The minimum atomic E-state index is -0.178. The van der Waals surface area contributed by atoms with Crippen molar-refractivity contribution in [1.29, 1.82) is 0 Å². The lowest BCUT2D eigenvalue weighted by atomic mass is 9.96. The number of guanidine groups is 1. The Bertz CT molecular complexity index is 760. The number of hydrogen-bond acceptors (Lipinski definition) is 3. The maximum atomic E-state index is 13.5. The SMILES string of the molecule is CCNC(=NCC1(c2cccc(F)c2)CC1)NCCc1c(C)noc1C. The zero-order valence-electron chi connectivity index (χ0n) is 15.7. The molecule has 140 valence electrons. The van der Waals surface area contributed by atoms with E-state index in [0.717, 1.165) is 60.9 Å². The molecule has 0 atom stereocenters. The third kappa shape index (κ3) is 4.23. The predicted octanol–water partition coefficient (Wildman–Crippen LogP) is 3.26. The fraction of sp³-hybridized carbons (Fsp3) is 0.500. The number of aromatic nitrogens is 1. The summed E-state index contributed by atoms with van der Waals surface area (Å²) in [5.74, 6) is 1.48. The number of rotatable bonds is 7. The molecule has 1 aliphatic carbocycles. The molecule has 0 amide bonds. The molecular weight excluding hydrogens is 331 g/mol. The second kappa shape index (κ2) is 7.89. The highest BCUT2D eigenvalue weighted by Gasteiger charge is 2.44. The molecule has 1 aliphatic rings. The first-order chi connectivity index (χ1) is 12.5. The van der Waals surface area contributed by atoms with Crippen LogP contribution in [0, 0.1) is 19.7 Å². The van der Waals surface area contributed by atoms with Crippen LogP contribution in [0.5, 0.6) is 0 Å². The van der Waals surface area contributed by atoms with Crippen LogP contribution in [0.1, 0.15) is 42.3 Å². The smallest absolute Gasteiger partial charge is 0.191 e. The molecule has 0 radical (unpaired) electrons. The van der Waals surface area contributed by atoms with Gasteiger partial charge in [-0.2, -0.15) is 0 Å². The molecule has 0 spiro atoms. The molecule has 1 aromatic carbocycles. The van der Waals surface area contributed by atoms with Crippen molar-refractivity contribution in [1.82, 2.24) is 15.8 Å². The van der Waals surface area contributed by atoms with E-state index in [4.69, 9.17) is 9.52 Å². The van der Waals surface area contributed by atoms with Gasteiger partial charge in [0.1, 0.15) is 11.6 Å². The van der Waals surface area contributed by atoms with Crippen molar-refractivity contribution in [2.75, 3.05) is 19.6 Å². The van der Waals surface area contributed by atoms with Gasteiger partial charge in [-0.25, -0.2) is 4.39 Å². The molecule has 1 aromatic heterocycles. The number of benzene rings is 1. The quantitative estimate of drug-likeness (QED) is 0.589. The van der Waals surface area contributed by atoms with Crippen molar-refractivity contribution in [3.8, 4) is 0 Å². The van der Waals surface area contributed by atoms with Gasteiger partial charge >= 0.3 is 0 Å². The predicted molar refractivity (Wildman–Crippen MR) is 101 cm³/mol. The first-order valence-corrected chi connectivity index (χ1v) is 9.24. The van der Waals surface area contributed by atoms with Crippen molar-refractivity contribution >= 4 is 5.96 Å². The number of aliphatic imine (C=N–C) groups is 1. The Kier molecular flexibility index (Phi) is 5.59. The number of nitrogens with one attached hydrogen (secondary N) is 2. The lowest BCUT2D eigenvalue weighted by molar-refractivity contribution is 0.392. The monoisotopic (exact) mass is 358 g/mol. The highest BCUT2D eigenvalue weighted by atomic mass is 19.1. The molecular formula is C20H27FN4O. The van der Waals surface area contributed by atoms with Crippen LogP contribution < -0.4 is 10.6 Å². The minimum absolute atomic E-state index is 0.00783.